The number of piperidine rings is 1. The van der Waals surface area contributed by atoms with Crippen molar-refractivity contribution in [2.45, 2.75) is 39.3 Å². The molecule has 0 atom stereocenters. The van der Waals surface area contributed by atoms with Crippen LogP contribution in [0, 0.1) is 6.92 Å². The maximum atomic E-state index is 5.42. The minimum Gasteiger partial charge on any atom is -0.468 e. The van der Waals surface area contributed by atoms with Crippen LogP contribution in [0.4, 0.5) is 0 Å². The standard InChI is InChI=1S/C13H22N2O/c1-3-15-7-4-12(5-8-15)14-10-13-11(2)6-9-16-13/h6,9,12,14H,3-5,7-8,10H2,1-2H3. The first kappa shape index (κ1) is 11.7. The fourth-order valence-electron chi connectivity index (χ4n) is 2.28. The molecule has 0 aliphatic carbocycles. The van der Waals surface area contributed by atoms with Gasteiger partial charge in [-0.1, -0.05) is 6.92 Å². The zero-order chi connectivity index (χ0) is 11.4. The quantitative estimate of drug-likeness (QED) is 0.846. The highest BCUT2D eigenvalue weighted by Crippen LogP contribution is 2.12. The highest BCUT2D eigenvalue weighted by Gasteiger charge is 2.17. The summed E-state index contributed by atoms with van der Waals surface area (Å²) >= 11 is 0. The number of nitrogens with one attached hydrogen (secondary N) is 1. The molecular weight excluding hydrogens is 200 g/mol. The third kappa shape index (κ3) is 2.86. The maximum Gasteiger partial charge on any atom is 0.120 e. The monoisotopic (exact) mass is 222 g/mol. The minimum atomic E-state index is 0.660. The molecular formula is C13H22N2O. The molecule has 0 bridgehead atoms. The van der Waals surface area contributed by atoms with E-state index in [0.717, 1.165) is 12.3 Å². The Kier molecular flexibility index (Phi) is 4.02. The van der Waals surface area contributed by atoms with E-state index in [9.17, 15) is 0 Å². The lowest BCUT2D eigenvalue weighted by Gasteiger charge is -2.31. The minimum absolute atomic E-state index is 0.660. The number of rotatable bonds is 4. The van der Waals surface area contributed by atoms with E-state index >= 15 is 0 Å². The summed E-state index contributed by atoms with van der Waals surface area (Å²) in [5.74, 6) is 1.08. The van der Waals surface area contributed by atoms with Gasteiger partial charge in [0.15, 0.2) is 0 Å². The number of aryl methyl sites for hydroxylation is 1. The Balaban J connectivity index is 1.73. The Hall–Kier alpha value is -0.800. The predicted molar refractivity (Wildman–Crippen MR) is 65.4 cm³/mol. The molecule has 16 heavy (non-hydrogen) atoms. The Morgan fingerprint density at radius 1 is 1.44 bits per heavy atom. The zero-order valence-corrected chi connectivity index (χ0v) is 10.3. The van der Waals surface area contributed by atoms with Crippen LogP contribution in [0.15, 0.2) is 16.7 Å². The first-order chi connectivity index (χ1) is 7.79. The molecule has 3 nitrogen and oxygen atoms in total. The highest BCUT2D eigenvalue weighted by atomic mass is 16.3. The van der Waals surface area contributed by atoms with Gasteiger partial charge in [0.1, 0.15) is 5.76 Å². The Morgan fingerprint density at radius 2 is 2.19 bits per heavy atom. The van der Waals surface area contributed by atoms with Gasteiger partial charge in [0.2, 0.25) is 0 Å². The van der Waals surface area contributed by atoms with Gasteiger partial charge in [-0.25, -0.2) is 0 Å². The van der Waals surface area contributed by atoms with Crippen LogP contribution in [0.1, 0.15) is 31.1 Å². The van der Waals surface area contributed by atoms with E-state index in [-0.39, 0.29) is 0 Å². The molecule has 1 N–H and O–H groups in total. The van der Waals surface area contributed by atoms with E-state index < -0.39 is 0 Å². The van der Waals surface area contributed by atoms with Gasteiger partial charge < -0.3 is 14.6 Å². The molecule has 0 saturated carbocycles. The molecule has 1 aliphatic rings. The summed E-state index contributed by atoms with van der Waals surface area (Å²) in [6.07, 6.45) is 4.28. The number of hydrogen-bond donors (Lipinski definition) is 1. The molecule has 1 aromatic rings. The first-order valence-corrected chi connectivity index (χ1v) is 6.28. The molecule has 0 aromatic carbocycles. The maximum absolute atomic E-state index is 5.42. The summed E-state index contributed by atoms with van der Waals surface area (Å²) in [4.78, 5) is 2.51. The van der Waals surface area contributed by atoms with Crippen LogP contribution in [0.25, 0.3) is 0 Å². The zero-order valence-electron chi connectivity index (χ0n) is 10.3. The number of likely N-dealkylation sites (tertiary alicyclic amines) is 1. The smallest absolute Gasteiger partial charge is 0.120 e. The van der Waals surface area contributed by atoms with Crippen molar-refractivity contribution in [2.75, 3.05) is 19.6 Å². The lowest BCUT2D eigenvalue weighted by Crippen LogP contribution is -2.42. The number of furan rings is 1. The summed E-state index contributed by atoms with van der Waals surface area (Å²) in [7, 11) is 0. The molecule has 0 spiro atoms. The highest BCUT2D eigenvalue weighted by molar-refractivity contribution is 5.14. The second-order valence-electron chi connectivity index (χ2n) is 4.62. The molecule has 1 aliphatic heterocycles. The summed E-state index contributed by atoms with van der Waals surface area (Å²) in [5.41, 5.74) is 1.25. The summed E-state index contributed by atoms with van der Waals surface area (Å²) in [6, 6.07) is 2.68. The van der Waals surface area contributed by atoms with Gasteiger partial charge >= 0.3 is 0 Å². The molecule has 1 aromatic heterocycles. The van der Waals surface area contributed by atoms with E-state index in [1.807, 2.05) is 6.07 Å². The third-order valence-electron chi connectivity index (χ3n) is 3.55. The average Bonchev–Trinajstić information content (AvgIpc) is 2.73. The molecule has 3 heteroatoms. The van der Waals surface area contributed by atoms with Crippen LogP contribution in [0.3, 0.4) is 0 Å². The summed E-state index contributed by atoms with van der Waals surface area (Å²) in [6.45, 7) is 8.84. The van der Waals surface area contributed by atoms with Gasteiger partial charge in [-0.2, -0.15) is 0 Å². The fraction of sp³-hybridized carbons (Fsp3) is 0.692. The van der Waals surface area contributed by atoms with Crippen molar-refractivity contribution in [3.05, 3.63) is 23.7 Å². The molecule has 0 unspecified atom stereocenters. The van der Waals surface area contributed by atoms with Gasteiger partial charge in [0.05, 0.1) is 12.8 Å². The Morgan fingerprint density at radius 3 is 2.75 bits per heavy atom. The van der Waals surface area contributed by atoms with E-state index in [0.29, 0.717) is 6.04 Å². The van der Waals surface area contributed by atoms with Crippen molar-refractivity contribution in [1.82, 2.24) is 10.2 Å². The second kappa shape index (κ2) is 5.51. The van der Waals surface area contributed by atoms with Crippen molar-refractivity contribution >= 4 is 0 Å². The predicted octanol–water partition coefficient (Wildman–Crippen LogP) is 2.16. The number of hydrogen-bond acceptors (Lipinski definition) is 3. The Labute approximate surface area is 97.8 Å². The lowest BCUT2D eigenvalue weighted by molar-refractivity contribution is 0.204. The van der Waals surface area contributed by atoms with Gasteiger partial charge in [-0.15, -0.1) is 0 Å². The van der Waals surface area contributed by atoms with Gasteiger partial charge in [0, 0.05) is 6.04 Å². The van der Waals surface area contributed by atoms with E-state index in [1.165, 1.54) is 38.0 Å². The third-order valence-corrected chi connectivity index (χ3v) is 3.55. The molecule has 2 heterocycles. The van der Waals surface area contributed by atoms with E-state index in [4.69, 9.17) is 4.42 Å². The second-order valence-corrected chi connectivity index (χ2v) is 4.62. The lowest BCUT2D eigenvalue weighted by atomic mass is 10.1. The van der Waals surface area contributed by atoms with Crippen molar-refractivity contribution < 1.29 is 4.42 Å². The normalized spacial score (nSPS) is 19.1. The van der Waals surface area contributed by atoms with Crippen molar-refractivity contribution in [2.24, 2.45) is 0 Å². The fourth-order valence-corrected chi connectivity index (χ4v) is 2.28. The van der Waals surface area contributed by atoms with Crippen molar-refractivity contribution in [1.29, 1.82) is 0 Å². The summed E-state index contributed by atoms with van der Waals surface area (Å²) in [5, 5.41) is 3.59. The van der Waals surface area contributed by atoms with Crippen molar-refractivity contribution in [3.8, 4) is 0 Å². The largest absolute Gasteiger partial charge is 0.468 e. The van der Waals surface area contributed by atoms with Crippen LogP contribution in [0.2, 0.25) is 0 Å². The summed E-state index contributed by atoms with van der Waals surface area (Å²) < 4.78 is 5.42. The van der Waals surface area contributed by atoms with Gasteiger partial charge in [-0.3, -0.25) is 0 Å². The first-order valence-electron chi connectivity index (χ1n) is 6.28. The van der Waals surface area contributed by atoms with Gasteiger partial charge in [0.25, 0.3) is 0 Å². The van der Waals surface area contributed by atoms with E-state index in [1.54, 1.807) is 6.26 Å². The van der Waals surface area contributed by atoms with Crippen LogP contribution < -0.4 is 5.32 Å². The van der Waals surface area contributed by atoms with Crippen molar-refractivity contribution in [3.63, 3.8) is 0 Å². The molecule has 0 radical (unpaired) electrons. The van der Waals surface area contributed by atoms with Crippen LogP contribution >= 0.6 is 0 Å². The molecule has 0 amide bonds. The number of nitrogens with zero attached hydrogens (tertiary/aromatic N) is 1. The Bertz CT molecular complexity index is 313. The average molecular weight is 222 g/mol. The molecule has 1 saturated heterocycles. The molecule has 1 fully saturated rings. The van der Waals surface area contributed by atoms with Crippen LogP contribution in [-0.4, -0.2) is 30.6 Å². The van der Waals surface area contributed by atoms with Crippen LogP contribution in [-0.2, 0) is 6.54 Å². The SMILES string of the molecule is CCN1CCC(NCc2occc2C)CC1. The van der Waals surface area contributed by atoms with Gasteiger partial charge in [-0.05, 0) is 51.0 Å². The van der Waals surface area contributed by atoms with E-state index in [2.05, 4.69) is 24.1 Å². The topological polar surface area (TPSA) is 28.4 Å². The molecule has 90 valence electrons. The molecule has 2 rings (SSSR count). The van der Waals surface area contributed by atoms with Crippen LogP contribution in [0.5, 0.6) is 0 Å².